The van der Waals surface area contributed by atoms with E-state index in [9.17, 15) is 9.59 Å². The Morgan fingerprint density at radius 2 is 1.95 bits per heavy atom. The first kappa shape index (κ1) is 15.0. The molecular weight excluding hydrogens is 324 g/mol. The van der Waals surface area contributed by atoms with Crippen molar-refractivity contribution in [1.82, 2.24) is 9.80 Å². The fraction of sp³-hybridized carbons (Fsp3) is 0.429. The largest absolute Gasteiger partial charge is 0.383 e. The highest BCUT2D eigenvalue weighted by Crippen LogP contribution is 2.18. The summed E-state index contributed by atoms with van der Waals surface area (Å²) in [5, 5.41) is 0. The number of ether oxygens (including phenoxy) is 1. The Labute approximate surface area is 126 Å². The van der Waals surface area contributed by atoms with Gasteiger partial charge in [-0.2, -0.15) is 0 Å². The lowest BCUT2D eigenvalue weighted by molar-refractivity contribution is -0.127. The number of hydrogen-bond acceptors (Lipinski definition) is 3. The van der Waals surface area contributed by atoms with Gasteiger partial charge in [0.05, 0.1) is 12.6 Å². The van der Waals surface area contributed by atoms with Gasteiger partial charge in [-0.15, -0.1) is 0 Å². The standard InChI is InChI=1S/C14H17BrN2O3/c1-10(9-20-2)17-13(18)8-16(14(17)19)7-11-3-5-12(15)6-4-11/h3-6,10H,7-9H2,1-2H3. The number of rotatable bonds is 5. The van der Waals surface area contributed by atoms with Crippen LogP contribution in [0, 0.1) is 0 Å². The van der Waals surface area contributed by atoms with Crippen molar-refractivity contribution in [3.8, 4) is 0 Å². The molecule has 5 nitrogen and oxygen atoms in total. The second kappa shape index (κ2) is 6.37. The Kier molecular flexibility index (Phi) is 4.77. The normalized spacial score (nSPS) is 16.9. The van der Waals surface area contributed by atoms with Gasteiger partial charge in [-0.25, -0.2) is 4.79 Å². The number of amides is 3. The van der Waals surface area contributed by atoms with Gasteiger partial charge in [-0.3, -0.25) is 9.69 Å². The number of nitrogens with zero attached hydrogens (tertiary/aromatic N) is 2. The number of urea groups is 1. The van der Waals surface area contributed by atoms with E-state index in [4.69, 9.17) is 4.74 Å². The fourth-order valence-electron chi connectivity index (χ4n) is 2.25. The van der Waals surface area contributed by atoms with Crippen LogP contribution in [0.3, 0.4) is 0 Å². The first-order valence-electron chi connectivity index (χ1n) is 6.37. The number of benzene rings is 1. The minimum Gasteiger partial charge on any atom is -0.383 e. The molecule has 1 atom stereocenters. The summed E-state index contributed by atoms with van der Waals surface area (Å²) >= 11 is 3.37. The van der Waals surface area contributed by atoms with Crippen molar-refractivity contribution in [2.45, 2.75) is 19.5 Å². The van der Waals surface area contributed by atoms with Crippen molar-refractivity contribution < 1.29 is 14.3 Å². The molecule has 20 heavy (non-hydrogen) atoms. The molecule has 0 N–H and O–H groups in total. The van der Waals surface area contributed by atoms with Crippen molar-refractivity contribution in [3.63, 3.8) is 0 Å². The molecule has 1 aliphatic heterocycles. The molecular formula is C14H17BrN2O3. The molecule has 1 heterocycles. The van der Waals surface area contributed by atoms with Gasteiger partial charge in [-0.1, -0.05) is 28.1 Å². The third kappa shape index (κ3) is 3.19. The van der Waals surface area contributed by atoms with Crippen LogP contribution in [0.5, 0.6) is 0 Å². The van der Waals surface area contributed by atoms with E-state index in [1.807, 2.05) is 31.2 Å². The summed E-state index contributed by atoms with van der Waals surface area (Å²) in [4.78, 5) is 27.1. The molecule has 1 saturated heterocycles. The van der Waals surface area contributed by atoms with E-state index in [1.165, 1.54) is 4.90 Å². The average molecular weight is 341 g/mol. The van der Waals surface area contributed by atoms with Gasteiger partial charge in [0, 0.05) is 18.1 Å². The van der Waals surface area contributed by atoms with Crippen LogP contribution in [-0.2, 0) is 16.1 Å². The maximum atomic E-state index is 12.3. The van der Waals surface area contributed by atoms with Gasteiger partial charge in [0.1, 0.15) is 6.54 Å². The maximum Gasteiger partial charge on any atom is 0.327 e. The van der Waals surface area contributed by atoms with E-state index in [0.29, 0.717) is 13.2 Å². The highest BCUT2D eigenvalue weighted by molar-refractivity contribution is 9.10. The number of carbonyl (C=O) groups is 2. The van der Waals surface area contributed by atoms with Gasteiger partial charge in [0.2, 0.25) is 0 Å². The molecule has 0 spiro atoms. The Hall–Kier alpha value is -1.40. The lowest BCUT2D eigenvalue weighted by atomic mass is 10.2. The summed E-state index contributed by atoms with van der Waals surface area (Å²) in [6.07, 6.45) is 0. The Morgan fingerprint density at radius 1 is 1.30 bits per heavy atom. The Balaban J connectivity index is 2.06. The van der Waals surface area contributed by atoms with Gasteiger partial charge in [0.15, 0.2) is 0 Å². The van der Waals surface area contributed by atoms with Crippen molar-refractivity contribution in [2.75, 3.05) is 20.3 Å². The first-order chi connectivity index (χ1) is 9.52. The molecule has 1 unspecified atom stereocenters. The summed E-state index contributed by atoms with van der Waals surface area (Å²) in [6.45, 7) is 2.73. The summed E-state index contributed by atoms with van der Waals surface area (Å²) in [5.74, 6) is -0.170. The van der Waals surface area contributed by atoms with Crippen LogP contribution in [0.4, 0.5) is 4.79 Å². The predicted molar refractivity (Wildman–Crippen MR) is 78.1 cm³/mol. The zero-order valence-electron chi connectivity index (χ0n) is 11.5. The van der Waals surface area contributed by atoms with Crippen LogP contribution in [0.2, 0.25) is 0 Å². The van der Waals surface area contributed by atoms with Crippen LogP contribution in [-0.4, -0.2) is 48.0 Å². The summed E-state index contributed by atoms with van der Waals surface area (Å²) in [5.41, 5.74) is 0.996. The fourth-order valence-corrected chi connectivity index (χ4v) is 2.51. The molecule has 1 fully saturated rings. The van der Waals surface area contributed by atoms with Crippen molar-refractivity contribution in [3.05, 3.63) is 34.3 Å². The third-order valence-electron chi connectivity index (χ3n) is 3.21. The average Bonchev–Trinajstić information content (AvgIpc) is 2.67. The third-order valence-corrected chi connectivity index (χ3v) is 3.74. The van der Waals surface area contributed by atoms with Crippen LogP contribution in [0.25, 0.3) is 0 Å². The molecule has 6 heteroatoms. The molecule has 1 aromatic rings. The van der Waals surface area contributed by atoms with E-state index >= 15 is 0 Å². The van der Waals surface area contributed by atoms with E-state index < -0.39 is 0 Å². The Bertz CT molecular complexity index is 504. The lowest BCUT2D eigenvalue weighted by Crippen LogP contribution is -2.41. The Morgan fingerprint density at radius 3 is 2.55 bits per heavy atom. The SMILES string of the molecule is COCC(C)N1C(=O)CN(Cc2ccc(Br)cc2)C1=O. The monoisotopic (exact) mass is 340 g/mol. The van der Waals surface area contributed by atoms with Crippen LogP contribution >= 0.6 is 15.9 Å². The van der Waals surface area contributed by atoms with Crippen LogP contribution < -0.4 is 0 Å². The topological polar surface area (TPSA) is 49.9 Å². The number of hydrogen-bond donors (Lipinski definition) is 0. The van der Waals surface area contributed by atoms with Gasteiger partial charge < -0.3 is 9.64 Å². The molecule has 0 aliphatic carbocycles. The summed E-state index contributed by atoms with van der Waals surface area (Å²) in [6, 6.07) is 7.22. The van der Waals surface area contributed by atoms with Gasteiger partial charge in [0.25, 0.3) is 5.91 Å². The first-order valence-corrected chi connectivity index (χ1v) is 7.16. The minimum absolute atomic E-state index is 0.128. The van der Waals surface area contributed by atoms with E-state index in [2.05, 4.69) is 15.9 Å². The zero-order valence-corrected chi connectivity index (χ0v) is 13.1. The van der Waals surface area contributed by atoms with E-state index in [1.54, 1.807) is 12.0 Å². The molecule has 0 radical (unpaired) electrons. The maximum absolute atomic E-state index is 12.3. The van der Waals surface area contributed by atoms with Gasteiger partial charge >= 0.3 is 6.03 Å². The number of halogens is 1. The van der Waals surface area contributed by atoms with Crippen molar-refractivity contribution >= 4 is 27.9 Å². The predicted octanol–water partition coefficient (Wildman–Crippen LogP) is 2.25. The lowest BCUT2D eigenvalue weighted by Gasteiger charge is -2.22. The number of imide groups is 1. The summed E-state index contributed by atoms with van der Waals surface area (Å²) < 4.78 is 6.00. The molecule has 108 valence electrons. The smallest absolute Gasteiger partial charge is 0.327 e. The summed E-state index contributed by atoms with van der Waals surface area (Å²) in [7, 11) is 1.56. The number of carbonyl (C=O) groups excluding carboxylic acids is 2. The molecule has 1 aliphatic rings. The zero-order chi connectivity index (χ0) is 14.7. The van der Waals surface area contributed by atoms with E-state index in [-0.39, 0.29) is 24.5 Å². The second-order valence-electron chi connectivity index (χ2n) is 4.83. The second-order valence-corrected chi connectivity index (χ2v) is 5.75. The molecule has 3 amide bonds. The molecule has 2 rings (SSSR count). The molecule has 0 aromatic heterocycles. The van der Waals surface area contributed by atoms with Crippen molar-refractivity contribution in [1.29, 1.82) is 0 Å². The molecule has 1 aromatic carbocycles. The quantitative estimate of drug-likeness (QED) is 0.772. The van der Waals surface area contributed by atoms with Crippen LogP contribution in [0.15, 0.2) is 28.7 Å². The minimum atomic E-state index is -0.248. The van der Waals surface area contributed by atoms with Gasteiger partial charge in [-0.05, 0) is 24.6 Å². The van der Waals surface area contributed by atoms with Crippen LogP contribution in [0.1, 0.15) is 12.5 Å². The van der Waals surface area contributed by atoms with E-state index in [0.717, 1.165) is 10.0 Å². The highest BCUT2D eigenvalue weighted by Gasteiger charge is 2.38. The van der Waals surface area contributed by atoms with Crippen molar-refractivity contribution in [2.24, 2.45) is 0 Å². The molecule has 0 saturated carbocycles. The number of methoxy groups -OCH3 is 1. The highest BCUT2D eigenvalue weighted by atomic mass is 79.9. The molecule has 0 bridgehead atoms.